The van der Waals surface area contributed by atoms with Gasteiger partial charge in [0.05, 0.1) is 17.7 Å². The van der Waals surface area contributed by atoms with Crippen molar-refractivity contribution in [2.24, 2.45) is 5.92 Å². The van der Waals surface area contributed by atoms with Gasteiger partial charge >= 0.3 is 0 Å². The number of nitrogens with one attached hydrogen (secondary N) is 3. The molecule has 1 aliphatic carbocycles. The molecule has 3 unspecified atom stereocenters. The maximum Gasteiger partial charge on any atom is 0.0959 e. The molecule has 1 aromatic carbocycles. The van der Waals surface area contributed by atoms with Crippen molar-refractivity contribution in [2.75, 3.05) is 19.6 Å². The fourth-order valence-electron chi connectivity index (χ4n) is 5.44. The molecule has 2 aromatic rings. The molecular weight excluding hydrogens is 334 g/mol. The minimum Gasteiger partial charge on any atom is -0.329 e. The molecule has 5 nitrogen and oxygen atoms in total. The molecule has 0 spiro atoms. The summed E-state index contributed by atoms with van der Waals surface area (Å²) in [4.78, 5) is 4.93. The van der Waals surface area contributed by atoms with Crippen LogP contribution >= 0.6 is 0 Å². The van der Waals surface area contributed by atoms with E-state index in [1.165, 1.54) is 55.5 Å². The van der Waals surface area contributed by atoms with Gasteiger partial charge in [0.2, 0.25) is 0 Å². The standard InChI is InChI=1S/C22H31N5/c1-3-7-16(8-4-1)20-19(14-25-26-20)22-21(17-9-5-2-6-10-17)24-15-27(22)18-11-12-23-13-18/h2,5-6,9-10,15-16,18-20,23,25-26H,1,3-4,7-8,11-14H2. The lowest BCUT2D eigenvalue weighted by Crippen LogP contribution is -2.39. The highest BCUT2D eigenvalue weighted by Gasteiger charge is 2.39. The van der Waals surface area contributed by atoms with Crippen LogP contribution in [0.3, 0.4) is 0 Å². The molecule has 27 heavy (non-hydrogen) atoms. The highest BCUT2D eigenvalue weighted by molar-refractivity contribution is 5.63. The fraction of sp³-hybridized carbons (Fsp3) is 0.591. The Kier molecular flexibility index (Phi) is 4.99. The second-order valence-electron chi connectivity index (χ2n) is 8.45. The van der Waals surface area contributed by atoms with Crippen LogP contribution in [0.2, 0.25) is 0 Å². The normalized spacial score (nSPS) is 29.4. The quantitative estimate of drug-likeness (QED) is 0.779. The van der Waals surface area contributed by atoms with Crippen LogP contribution < -0.4 is 16.2 Å². The number of hydrogen-bond acceptors (Lipinski definition) is 4. The monoisotopic (exact) mass is 365 g/mol. The Hall–Kier alpha value is -1.69. The van der Waals surface area contributed by atoms with Crippen molar-refractivity contribution in [3.63, 3.8) is 0 Å². The summed E-state index contributed by atoms with van der Waals surface area (Å²) in [6.07, 6.45) is 10.2. The predicted octanol–water partition coefficient (Wildman–Crippen LogP) is 3.22. The third-order valence-electron chi connectivity index (χ3n) is 6.84. The molecule has 3 N–H and O–H groups in total. The Morgan fingerprint density at radius 3 is 2.59 bits per heavy atom. The van der Waals surface area contributed by atoms with Crippen LogP contribution in [0.4, 0.5) is 0 Å². The van der Waals surface area contributed by atoms with Crippen molar-refractivity contribution in [3.05, 3.63) is 42.4 Å². The summed E-state index contributed by atoms with van der Waals surface area (Å²) >= 11 is 0. The highest BCUT2D eigenvalue weighted by atomic mass is 15.4. The Labute approximate surface area is 161 Å². The average Bonchev–Trinajstić information content (AvgIpc) is 3.48. The Balaban J connectivity index is 1.55. The first-order chi connectivity index (χ1) is 13.4. The second kappa shape index (κ2) is 7.74. The van der Waals surface area contributed by atoms with E-state index in [-0.39, 0.29) is 0 Å². The van der Waals surface area contributed by atoms with E-state index in [1.54, 1.807) is 0 Å². The average molecular weight is 366 g/mol. The predicted molar refractivity (Wildman–Crippen MR) is 108 cm³/mol. The van der Waals surface area contributed by atoms with Crippen LogP contribution in [0.25, 0.3) is 11.3 Å². The van der Waals surface area contributed by atoms with Gasteiger partial charge in [0.1, 0.15) is 0 Å². The molecule has 1 saturated carbocycles. The van der Waals surface area contributed by atoms with Crippen molar-refractivity contribution >= 4 is 0 Å². The molecule has 2 aliphatic heterocycles. The molecule has 5 rings (SSSR count). The molecule has 5 heteroatoms. The van der Waals surface area contributed by atoms with E-state index in [2.05, 4.69) is 57.4 Å². The summed E-state index contributed by atoms with van der Waals surface area (Å²) in [5.74, 6) is 1.25. The van der Waals surface area contributed by atoms with E-state index in [0.29, 0.717) is 18.0 Å². The van der Waals surface area contributed by atoms with Crippen LogP contribution in [-0.2, 0) is 0 Å². The minimum absolute atomic E-state index is 0.478. The van der Waals surface area contributed by atoms with Crippen molar-refractivity contribution in [3.8, 4) is 11.3 Å². The van der Waals surface area contributed by atoms with Crippen LogP contribution in [0, 0.1) is 5.92 Å². The van der Waals surface area contributed by atoms with Gasteiger partial charge in [-0.05, 0) is 31.7 Å². The lowest BCUT2D eigenvalue weighted by Gasteiger charge is -2.32. The number of aromatic nitrogens is 2. The zero-order chi connectivity index (χ0) is 18.1. The van der Waals surface area contributed by atoms with E-state index >= 15 is 0 Å². The zero-order valence-electron chi connectivity index (χ0n) is 16.0. The fourth-order valence-corrected chi connectivity index (χ4v) is 5.44. The van der Waals surface area contributed by atoms with Gasteiger partial charge < -0.3 is 9.88 Å². The van der Waals surface area contributed by atoms with Crippen molar-refractivity contribution in [2.45, 2.75) is 56.5 Å². The smallest absolute Gasteiger partial charge is 0.0959 e. The second-order valence-corrected chi connectivity index (χ2v) is 8.45. The zero-order valence-corrected chi connectivity index (χ0v) is 16.0. The number of benzene rings is 1. The topological polar surface area (TPSA) is 53.9 Å². The van der Waals surface area contributed by atoms with Gasteiger partial charge in [-0.15, -0.1) is 0 Å². The van der Waals surface area contributed by atoms with Gasteiger partial charge in [0.25, 0.3) is 0 Å². The number of nitrogens with zero attached hydrogens (tertiary/aromatic N) is 2. The molecule has 3 heterocycles. The highest BCUT2D eigenvalue weighted by Crippen LogP contribution is 2.39. The Bertz CT molecular complexity index is 743. The van der Waals surface area contributed by atoms with Crippen molar-refractivity contribution in [1.82, 2.24) is 25.7 Å². The van der Waals surface area contributed by atoms with Crippen LogP contribution in [-0.4, -0.2) is 35.2 Å². The summed E-state index contributed by atoms with van der Waals surface area (Å²) < 4.78 is 2.50. The maximum atomic E-state index is 4.93. The molecule has 3 atom stereocenters. The van der Waals surface area contributed by atoms with E-state index in [0.717, 1.165) is 25.6 Å². The first-order valence-electron chi connectivity index (χ1n) is 10.7. The van der Waals surface area contributed by atoms with Crippen molar-refractivity contribution < 1.29 is 0 Å². The Morgan fingerprint density at radius 2 is 1.81 bits per heavy atom. The summed E-state index contributed by atoms with van der Waals surface area (Å²) in [6, 6.07) is 11.8. The van der Waals surface area contributed by atoms with Crippen LogP contribution in [0.15, 0.2) is 36.7 Å². The van der Waals surface area contributed by atoms with Gasteiger partial charge in [-0.25, -0.2) is 4.98 Å². The first kappa shape index (κ1) is 17.4. The summed E-state index contributed by atoms with van der Waals surface area (Å²) in [5.41, 5.74) is 11.0. The van der Waals surface area contributed by atoms with Gasteiger partial charge in [0.15, 0.2) is 0 Å². The number of hydrogen-bond donors (Lipinski definition) is 3. The van der Waals surface area contributed by atoms with Gasteiger partial charge in [-0.2, -0.15) is 0 Å². The lowest BCUT2D eigenvalue weighted by atomic mass is 9.78. The third kappa shape index (κ3) is 3.33. The van der Waals surface area contributed by atoms with E-state index in [1.807, 2.05) is 0 Å². The van der Waals surface area contributed by atoms with Gasteiger partial charge in [-0.3, -0.25) is 10.9 Å². The van der Waals surface area contributed by atoms with Gasteiger partial charge in [-0.1, -0.05) is 49.6 Å². The molecule has 3 fully saturated rings. The maximum absolute atomic E-state index is 4.93. The van der Waals surface area contributed by atoms with E-state index in [4.69, 9.17) is 4.98 Å². The minimum atomic E-state index is 0.478. The molecule has 0 amide bonds. The first-order valence-corrected chi connectivity index (χ1v) is 10.7. The number of hydrazine groups is 1. The van der Waals surface area contributed by atoms with E-state index < -0.39 is 0 Å². The summed E-state index contributed by atoms with van der Waals surface area (Å²) in [7, 11) is 0. The van der Waals surface area contributed by atoms with E-state index in [9.17, 15) is 0 Å². The number of imidazole rings is 1. The third-order valence-corrected chi connectivity index (χ3v) is 6.84. The molecule has 1 aromatic heterocycles. The van der Waals surface area contributed by atoms with Gasteiger partial charge in [0, 0.05) is 36.7 Å². The molecular formula is C22H31N5. The number of rotatable bonds is 4. The summed E-state index contributed by atoms with van der Waals surface area (Å²) in [5, 5.41) is 3.53. The molecule has 2 saturated heterocycles. The summed E-state index contributed by atoms with van der Waals surface area (Å²) in [6.45, 7) is 3.16. The molecule has 144 valence electrons. The Morgan fingerprint density at radius 1 is 0.963 bits per heavy atom. The van der Waals surface area contributed by atoms with Crippen LogP contribution in [0.5, 0.6) is 0 Å². The lowest BCUT2D eigenvalue weighted by molar-refractivity contribution is 0.265. The van der Waals surface area contributed by atoms with Crippen LogP contribution in [0.1, 0.15) is 56.2 Å². The molecule has 0 bridgehead atoms. The molecule has 0 radical (unpaired) electrons. The van der Waals surface area contributed by atoms with Crippen molar-refractivity contribution in [1.29, 1.82) is 0 Å². The molecule has 3 aliphatic rings. The SMILES string of the molecule is c1ccc(-c2ncn(C3CCNC3)c2C2CNNC2C2CCCCC2)cc1. The largest absolute Gasteiger partial charge is 0.329 e.